The van der Waals surface area contributed by atoms with Gasteiger partial charge in [-0.3, -0.25) is 0 Å². The van der Waals surface area contributed by atoms with Gasteiger partial charge < -0.3 is 5.11 Å². The van der Waals surface area contributed by atoms with Crippen molar-refractivity contribution in [2.45, 2.75) is 24.9 Å². The number of fused-ring (bicyclic) bond motifs is 1. The highest BCUT2D eigenvalue weighted by atomic mass is 19.1. The van der Waals surface area contributed by atoms with Crippen LogP contribution in [0.15, 0.2) is 12.1 Å². The van der Waals surface area contributed by atoms with Gasteiger partial charge in [-0.15, -0.1) is 0 Å². The van der Waals surface area contributed by atoms with Crippen molar-refractivity contribution in [2.24, 2.45) is 0 Å². The summed E-state index contributed by atoms with van der Waals surface area (Å²) in [7, 11) is 0. The van der Waals surface area contributed by atoms with E-state index in [-0.39, 0.29) is 19.3 Å². The number of nitrogens with zero attached hydrogens (tertiary/aromatic N) is 1. The lowest BCUT2D eigenvalue weighted by Crippen LogP contribution is -2.34. The topological polar surface area (TPSA) is 44.0 Å². The van der Waals surface area contributed by atoms with Crippen LogP contribution in [-0.2, 0) is 12.8 Å². The predicted molar refractivity (Wildman–Crippen MR) is 48.9 cm³/mol. The van der Waals surface area contributed by atoms with Gasteiger partial charge in [0.15, 0.2) is 5.60 Å². The van der Waals surface area contributed by atoms with Crippen LogP contribution in [0.25, 0.3) is 0 Å². The lowest BCUT2D eigenvalue weighted by molar-refractivity contribution is 0.0833. The maximum absolute atomic E-state index is 13.3. The van der Waals surface area contributed by atoms with Gasteiger partial charge in [-0.05, 0) is 30.0 Å². The minimum Gasteiger partial charge on any atom is -0.375 e. The molecule has 4 heteroatoms. The van der Waals surface area contributed by atoms with Gasteiger partial charge >= 0.3 is 0 Å². The van der Waals surface area contributed by atoms with Crippen molar-refractivity contribution in [3.63, 3.8) is 0 Å². The van der Waals surface area contributed by atoms with Crippen molar-refractivity contribution in [2.75, 3.05) is 0 Å². The molecule has 0 fully saturated rings. The molecule has 1 aliphatic carbocycles. The first-order chi connectivity index (χ1) is 7.04. The van der Waals surface area contributed by atoms with E-state index in [1.807, 2.05) is 0 Å². The van der Waals surface area contributed by atoms with Gasteiger partial charge in [0.05, 0.1) is 6.07 Å². The van der Waals surface area contributed by atoms with E-state index < -0.39 is 17.2 Å². The van der Waals surface area contributed by atoms with E-state index in [0.29, 0.717) is 11.1 Å². The van der Waals surface area contributed by atoms with Crippen molar-refractivity contribution in [1.82, 2.24) is 0 Å². The SMILES string of the molecule is N#CC1(O)CCc2c(F)cc(F)cc2C1. The van der Waals surface area contributed by atoms with Crippen LogP contribution in [-0.4, -0.2) is 10.7 Å². The molecular weight excluding hydrogens is 200 g/mol. The summed E-state index contributed by atoms with van der Waals surface area (Å²) < 4.78 is 26.2. The summed E-state index contributed by atoms with van der Waals surface area (Å²) in [5, 5.41) is 18.4. The molecule has 78 valence electrons. The summed E-state index contributed by atoms with van der Waals surface area (Å²) in [4.78, 5) is 0. The van der Waals surface area contributed by atoms with Gasteiger partial charge in [0.25, 0.3) is 0 Å². The predicted octanol–water partition coefficient (Wildman–Crippen LogP) is 1.71. The van der Waals surface area contributed by atoms with Crippen LogP contribution in [0.5, 0.6) is 0 Å². The maximum atomic E-state index is 13.3. The van der Waals surface area contributed by atoms with E-state index in [2.05, 4.69) is 0 Å². The highest BCUT2D eigenvalue weighted by Gasteiger charge is 2.33. The van der Waals surface area contributed by atoms with E-state index in [1.54, 1.807) is 6.07 Å². The molecule has 1 atom stereocenters. The lowest BCUT2D eigenvalue weighted by atomic mass is 9.81. The molecule has 0 aliphatic heterocycles. The summed E-state index contributed by atoms with van der Waals surface area (Å²) >= 11 is 0. The molecule has 0 radical (unpaired) electrons. The summed E-state index contributed by atoms with van der Waals surface area (Å²) in [5.41, 5.74) is -0.674. The first-order valence-corrected chi connectivity index (χ1v) is 4.64. The number of benzene rings is 1. The molecule has 1 aromatic rings. The second-order valence-corrected chi connectivity index (χ2v) is 3.85. The number of halogens is 2. The normalized spacial score (nSPS) is 24.4. The Hall–Kier alpha value is -1.47. The maximum Gasteiger partial charge on any atom is 0.155 e. The Kier molecular flexibility index (Phi) is 2.20. The standard InChI is InChI=1S/C11H9F2NO/c12-8-3-7-5-11(15,6-14)2-1-9(7)10(13)4-8/h3-4,15H,1-2,5H2. The Balaban J connectivity index is 2.47. The van der Waals surface area contributed by atoms with Gasteiger partial charge in [0.1, 0.15) is 11.6 Å². The molecule has 1 aliphatic rings. The largest absolute Gasteiger partial charge is 0.375 e. The Labute approximate surface area is 85.8 Å². The molecule has 0 aromatic heterocycles. The highest BCUT2D eigenvalue weighted by molar-refractivity contribution is 5.35. The lowest BCUT2D eigenvalue weighted by Gasteiger charge is -2.27. The zero-order valence-corrected chi connectivity index (χ0v) is 7.93. The van der Waals surface area contributed by atoms with Crippen LogP contribution in [0, 0.1) is 23.0 Å². The Morgan fingerprint density at radius 2 is 2.13 bits per heavy atom. The van der Waals surface area contributed by atoms with E-state index in [1.165, 1.54) is 6.07 Å². The fourth-order valence-corrected chi connectivity index (χ4v) is 1.93. The third kappa shape index (κ3) is 1.71. The van der Waals surface area contributed by atoms with E-state index >= 15 is 0 Å². The molecule has 0 heterocycles. The fraction of sp³-hybridized carbons (Fsp3) is 0.364. The van der Waals surface area contributed by atoms with Crippen LogP contribution in [0.1, 0.15) is 17.5 Å². The van der Waals surface area contributed by atoms with E-state index in [4.69, 9.17) is 5.26 Å². The zero-order valence-electron chi connectivity index (χ0n) is 7.93. The van der Waals surface area contributed by atoms with E-state index in [9.17, 15) is 13.9 Å². The first-order valence-electron chi connectivity index (χ1n) is 4.64. The quantitative estimate of drug-likeness (QED) is 0.661. The third-order valence-electron chi connectivity index (χ3n) is 2.73. The van der Waals surface area contributed by atoms with Crippen molar-refractivity contribution in [3.8, 4) is 6.07 Å². The third-order valence-corrected chi connectivity index (χ3v) is 2.73. The average molecular weight is 209 g/mol. The van der Waals surface area contributed by atoms with Gasteiger partial charge in [0, 0.05) is 12.5 Å². The molecule has 1 unspecified atom stereocenters. The number of hydrogen-bond donors (Lipinski definition) is 1. The summed E-state index contributed by atoms with van der Waals surface area (Å²) in [6, 6.07) is 3.78. The molecule has 0 amide bonds. The summed E-state index contributed by atoms with van der Waals surface area (Å²) in [5.74, 6) is -1.27. The zero-order chi connectivity index (χ0) is 11.1. The Bertz CT molecular complexity index is 453. The van der Waals surface area contributed by atoms with Crippen molar-refractivity contribution in [3.05, 3.63) is 34.9 Å². The van der Waals surface area contributed by atoms with Gasteiger partial charge in [-0.1, -0.05) is 0 Å². The smallest absolute Gasteiger partial charge is 0.155 e. The molecule has 0 saturated heterocycles. The van der Waals surface area contributed by atoms with E-state index in [0.717, 1.165) is 6.07 Å². The Morgan fingerprint density at radius 3 is 2.80 bits per heavy atom. The monoisotopic (exact) mass is 209 g/mol. The number of nitriles is 1. The summed E-state index contributed by atoms with van der Waals surface area (Å²) in [6.07, 6.45) is 0.456. The fourth-order valence-electron chi connectivity index (χ4n) is 1.93. The molecule has 0 bridgehead atoms. The number of hydrogen-bond acceptors (Lipinski definition) is 2. The van der Waals surface area contributed by atoms with Crippen molar-refractivity contribution >= 4 is 0 Å². The van der Waals surface area contributed by atoms with Gasteiger partial charge in [0.2, 0.25) is 0 Å². The second-order valence-electron chi connectivity index (χ2n) is 3.85. The van der Waals surface area contributed by atoms with Crippen LogP contribution in [0.4, 0.5) is 8.78 Å². The van der Waals surface area contributed by atoms with Gasteiger partial charge in [-0.25, -0.2) is 8.78 Å². The second kappa shape index (κ2) is 3.28. The number of aliphatic hydroxyl groups is 1. The minimum absolute atomic E-state index is 0.00644. The van der Waals surface area contributed by atoms with Crippen molar-refractivity contribution < 1.29 is 13.9 Å². The van der Waals surface area contributed by atoms with Gasteiger partial charge in [-0.2, -0.15) is 5.26 Å². The molecular formula is C11H9F2NO. The first kappa shape index (κ1) is 10.1. The summed E-state index contributed by atoms with van der Waals surface area (Å²) in [6.45, 7) is 0. The van der Waals surface area contributed by atoms with Crippen LogP contribution in [0.3, 0.4) is 0 Å². The molecule has 0 spiro atoms. The molecule has 2 rings (SSSR count). The minimum atomic E-state index is -1.48. The number of rotatable bonds is 0. The van der Waals surface area contributed by atoms with Crippen LogP contribution >= 0.6 is 0 Å². The van der Waals surface area contributed by atoms with Crippen LogP contribution in [0.2, 0.25) is 0 Å². The van der Waals surface area contributed by atoms with Crippen LogP contribution < -0.4 is 0 Å². The Morgan fingerprint density at radius 1 is 1.40 bits per heavy atom. The van der Waals surface area contributed by atoms with Crippen molar-refractivity contribution in [1.29, 1.82) is 5.26 Å². The molecule has 2 nitrogen and oxygen atoms in total. The molecule has 15 heavy (non-hydrogen) atoms. The molecule has 1 N–H and O–H groups in total. The molecule has 1 aromatic carbocycles. The highest BCUT2D eigenvalue weighted by Crippen LogP contribution is 2.30. The molecule has 0 saturated carbocycles. The average Bonchev–Trinajstić information content (AvgIpc) is 2.16.